The van der Waals surface area contributed by atoms with E-state index in [1.807, 2.05) is 54.6 Å². The molecule has 20 heavy (non-hydrogen) atoms. The molecule has 1 amide bonds. The van der Waals surface area contributed by atoms with Gasteiger partial charge < -0.3 is 15.2 Å². The Bertz CT molecular complexity index is 550. The molecular formula is C16H17NO3. The minimum atomic E-state index is -0.990. The van der Waals surface area contributed by atoms with E-state index in [0.29, 0.717) is 6.54 Å². The average Bonchev–Trinajstić information content (AvgIpc) is 2.47. The maximum Gasteiger partial charge on any atom is 0.248 e. The van der Waals surface area contributed by atoms with Gasteiger partial charge in [0, 0.05) is 6.54 Å². The van der Waals surface area contributed by atoms with Crippen LogP contribution < -0.4 is 10.1 Å². The van der Waals surface area contributed by atoms with Crippen molar-refractivity contribution in [3.63, 3.8) is 0 Å². The van der Waals surface area contributed by atoms with Gasteiger partial charge in [-0.1, -0.05) is 30.3 Å². The maximum atomic E-state index is 11.2. The van der Waals surface area contributed by atoms with Crippen LogP contribution in [0.15, 0.2) is 54.6 Å². The number of aliphatic hydroxyl groups is 1. The molecule has 104 valence electrons. The number of carbonyl (C=O) groups is 1. The SMILES string of the molecule is CC(O)C(=O)NCc1ccc(Oc2ccccc2)cc1. The topological polar surface area (TPSA) is 58.6 Å². The number of benzene rings is 2. The minimum absolute atomic E-state index is 0.380. The molecule has 0 heterocycles. The van der Waals surface area contributed by atoms with Gasteiger partial charge in [0.2, 0.25) is 5.91 Å². The van der Waals surface area contributed by atoms with E-state index in [4.69, 9.17) is 9.84 Å². The summed E-state index contributed by atoms with van der Waals surface area (Å²) in [6.07, 6.45) is -0.990. The molecule has 2 N–H and O–H groups in total. The lowest BCUT2D eigenvalue weighted by atomic mass is 10.2. The zero-order chi connectivity index (χ0) is 14.4. The predicted molar refractivity (Wildman–Crippen MR) is 76.5 cm³/mol. The molecule has 4 nitrogen and oxygen atoms in total. The van der Waals surface area contributed by atoms with Crippen molar-refractivity contribution in [1.29, 1.82) is 0 Å². The molecule has 1 atom stereocenters. The number of ether oxygens (including phenoxy) is 1. The Morgan fingerprint density at radius 1 is 1.10 bits per heavy atom. The summed E-state index contributed by atoms with van der Waals surface area (Å²) >= 11 is 0. The third kappa shape index (κ3) is 4.10. The normalized spacial score (nSPS) is 11.7. The molecule has 1 unspecified atom stereocenters. The third-order valence-electron chi connectivity index (χ3n) is 2.75. The summed E-state index contributed by atoms with van der Waals surface area (Å²) in [7, 11) is 0. The molecule has 4 heteroatoms. The Labute approximate surface area is 118 Å². The summed E-state index contributed by atoms with van der Waals surface area (Å²) in [4.78, 5) is 11.2. The van der Waals surface area contributed by atoms with Crippen LogP contribution in [0.2, 0.25) is 0 Å². The standard InChI is InChI=1S/C16H17NO3/c1-12(18)16(19)17-11-13-7-9-15(10-8-13)20-14-5-3-2-4-6-14/h2-10,12,18H,11H2,1H3,(H,17,19). The molecular weight excluding hydrogens is 254 g/mol. The molecule has 0 fully saturated rings. The fourth-order valence-electron chi connectivity index (χ4n) is 1.64. The number of para-hydroxylation sites is 1. The number of carbonyl (C=O) groups excluding carboxylic acids is 1. The quantitative estimate of drug-likeness (QED) is 0.878. The lowest BCUT2D eigenvalue weighted by molar-refractivity contribution is -0.128. The van der Waals surface area contributed by atoms with Crippen molar-refractivity contribution in [1.82, 2.24) is 5.32 Å². The fourth-order valence-corrected chi connectivity index (χ4v) is 1.64. The van der Waals surface area contributed by atoms with Gasteiger partial charge in [-0.05, 0) is 36.8 Å². The van der Waals surface area contributed by atoms with Crippen LogP contribution in [0.25, 0.3) is 0 Å². The molecule has 2 aromatic carbocycles. The van der Waals surface area contributed by atoms with Crippen LogP contribution in [0, 0.1) is 0 Å². The molecule has 0 saturated carbocycles. The van der Waals surface area contributed by atoms with Crippen molar-refractivity contribution < 1.29 is 14.6 Å². The minimum Gasteiger partial charge on any atom is -0.457 e. The van der Waals surface area contributed by atoms with Crippen LogP contribution in [0.4, 0.5) is 0 Å². The highest BCUT2D eigenvalue weighted by Crippen LogP contribution is 2.20. The molecule has 0 aliphatic heterocycles. The number of hydrogen-bond donors (Lipinski definition) is 2. The first kappa shape index (κ1) is 14.1. The predicted octanol–water partition coefficient (Wildman–Crippen LogP) is 2.48. The van der Waals surface area contributed by atoms with Gasteiger partial charge in [-0.3, -0.25) is 4.79 Å². The van der Waals surface area contributed by atoms with E-state index in [0.717, 1.165) is 17.1 Å². The van der Waals surface area contributed by atoms with Gasteiger partial charge in [0.05, 0.1) is 0 Å². The zero-order valence-electron chi connectivity index (χ0n) is 11.2. The second kappa shape index (κ2) is 6.73. The smallest absolute Gasteiger partial charge is 0.248 e. The monoisotopic (exact) mass is 271 g/mol. The number of hydrogen-bond acceptors (Lipinski definition) is 3. The van der Waals surface area contributed by atoms with Crippen molar-refractivity contribution in [2.24, 2.45) is 0 Å². The Hall–Kier alpha value is -2.33. The van der Waals surface area contributed by atoms with Gasteiger partial charge in [-0.25, -0.2) is 0 Å². The van der Waals surface area contributed by atoms with Gasteiger partial charge in [-0.2, -0.15) is 0 Å². The van der Waals surface area contributed by atoms with E-state index in [9.17, 15) is 4.79 Å². The van der Waals surface area contributed by atoms with Crippen LogP contribution in [-0.2, 0) is 11.3 Å². The Kier molecular flexibility index (Phi) is 4.74. The highest BCUT2D eigenvalue weighted by atomic mass is 16.5. The van der Waals surface area contributed by atoms with E-state index < -0.39 is 6.10 Å². The van der Waals surface area contributed by atoms with Crippen LogP contribution >= 0.6 is 0 Å². The number of nitrogens with one attached hydrogen (secondary N) is 1. The maximum absolute atomic E-state index is 11.2. The van der Waals surface area contributed by atoms with Gasteiger partial charge in [0.25, 0.3) is 0 Å². The number of aliphatic hydroxyl groups excluding tert-OH is 1. The van der Waals surface area contributed by atoms with Gasteiger partial charge in [0.1, 0.15) is 17.6 Å². The lowest BCUT2D eigenvalue weighted by Gasteiger charge is -2.08. The van der Waals surface area contributed by atoms with Crippen molar-refractivity contribution in [3.05, 3.63) is 60.2 Å². The first-order valence-corrected chi connectivity index (χ1v) is 6.43. The van der Waals surface area contributed by atoms with E-state index in [-0.39, 0.29) is 5.91 Å². The van der Waals surface area contributed by atoms with Crippen LogP contribution in [0.3, 0.4) is 0 Å². The summed E-state index contributed by atoms with van der Waals surface area (Å²) in [5, 5.41) is 11.7. The first-order chi connectivity index (χ1) is 9.65. The van der Waals surface area contributed by atoms with Crippen LogP contribution in [0.5, 0.6) is 11.5 Å². The molecule has 0 spiro atoms. The Morgan fingerprint density at radius 2 is 1.70 bits per heavy atom. The zero-order valence-corrected chi connectivity index (χ0v) is 11.2. The van der Waals surface area contributed by atoms with Crippen molar-refractivity contribution in [2.75, 3.05) is 0 Å². The lowest BCUT2D eigenvalue weighted by Crippen LogP contribution is -2.31. The van der Waals surface area contributed by atoms with E-state index in [1.165, 1.54) is 6.92 Å². The van der Waals surface area contributed by atoms with E-state index >= 15 is 0 Å². The molecule has 0 aliphatic carbocycles. The highest BCUT2D eigenvalue weighted by Gasteiger charge is 2.07. The molecule has 2 rings (SSSR count). The Balaban J connectivity index is 1.91. The highest BCUT2D eigenvalue weighted by molar-refractivity contribution is 5.79. The van der Waals surface area contributed by atoms with Gasteiger partial charge in [0.15, 0.2) is 0 Å². The fraction of sp³-hybridized carbons (Fsp3) is 0.188. The molecule has 0 bridgehead atoms. The van der Waals surface area contributed by atoms with Crippen LogP contribution in [0.1, 0.15) is 12.5 Å². The van der Waals surface area contributed by atoms with Crippen LogP contribution in [-0.4, -0.2) is 17.1 Å². The number of amides is 1. The molecule has 0 radical (unpaired) electrons. The second-order valence-electron chi connectivity index (χ2n) is 4.45. The largest absolute Gasteiger partial charge is 0.457 e. The molecule has 0 saturated heterocycles. The average molecular weight is 271 g/mol. The number of rotatable bonds is 5. The van der Waals surface area contributed by atoms with Gasteiger partial charge >= 0.3 is 0 Å². The third-order valence-corrected chi connectivity index (χ3v) is 2.75. The summed E-state index contributed by atoms with van der Waals surface area (Å²) in [5.74, 6) is 1.14. The Morgan fingerprint density at radius 3 is 2.30 bits per heavy atom. The second-order valence-corrected chi connectivity index (χ2v) is 4.45. The van der Waals surface area contributed by atoms with E-state index in [1.54, 1.807) is 0 Å². The summed E-state index contributed by atoms with van der Waals surface area (Å²) in [5.41, 5.74) is 0.944. The van der Waals surface area contributed by atoms with Crippen molar-refractivity contribution in [3.8, 4) is 11.5 Å². The van der Waals surface area contributed by atoms with Gasteiger partial charge in [-0.15, -0.1) is 0 Å². The summed E-state index contributed by atoms with van der Waals surface area (Å²) in [6.45, 7) is 1.82. The van der Waals surface area contributed by atoms with Crippen molar-refractivity contribution >= 4 is 5.91 Å². The summed E-state index contributed by atoms with van der Waals surface area (Å²) in [6, 6.07) is 17.0. The molecule has 0 aliphatic rings. The first-order valence-electron chi connectivity index (χ1n) is 6.43. The molecule has 2 aromatic rings. The molecule has 0 aromatic heterocycles. The van der Waals surface area contributed by atoms with Crippen molar-refractivity contribution in [2.45, 2.75) is 19.6 Å². The summed E-state index contributed by atoms with van der Waals surface area (Å²) < 4.78 is 5.67. The van der Waals surface area contributed by atoms with E-state index in [2.05, 4.69) is 5.32 Å².